The zero-order valence-corrected chi connectivity index (χ0v) is 10.5. The highest BCUT2D eigenvalue weighted by atomic mass is 16.6. The molecule has 1 aromatic carbocycles. The fraction of sp³-hybridized carbons (Fsp3) is 0.167. The third-order valence-corrected chi connectivity index (χ3v) is 2.71. The maximum atomic E-state index is 10.9. The van der Waals surface area contributed by atoms with Crippen LogP contribution in [0.25, 0.3) is 0 Å². The van der Waals surface area contributed by atoms with Crippen molar-refractivity contribution < 1.29 is 9.66 Å². The largest absolute Gasteiger partial charge is 0.433 e. The van der Waals surface area contributed by atoms with E-state index in [0.717, 1.165) is 17.3 Å². The molecule has 2 N–H and O–H groups in total. The van der Waals surface area contributed by atoms with Gasteiger partial charge in [-0.1, -0.05) is 12.1 Å². The van der Waals surface area contributed by atoms with Gasteiger partial charge in [0.15, 0.2) is 0 Å². The summed E-state index contributed by atoms with van der Waals surface area (Å²) in [6.45, 7) is 3.78. The van der Waals surface area contributed by atoms with E-state index in [9.17, 15) is 10.1 Å². The van der Waals surface area contributed by atoms with Crippen LogP contribution in [0, 0.1) is 24.0 Å². The highest BCUT2D eigenvalue weighted by Crippen LogP contribution is 2.31. The molecule has 0 atom stereocenters. The summed E-state index contributed by atoms with van der Waals surface area (Å²) in [5.74, 6) is 0.262. The minimum Gasteiger partial charge on any atom is -0.433 e. The zero-order chi connectivity index (χ0) is 14.0. The second-order valence-corrected chi connectivity index (χ2v) is 3.98. The number of benzene rings is 1. The first-order chi connectivity index (χ1) is 8.99. The summed E-state index contributed by atoms with van der Waals surface area (Å²) in [7, 11) is 0. The highest BCUT2D eigenvalue weighted by molar-refractivity contribution is 5.47. The Hall–Kier alpha value is -2.70. The lowest BCUT2D eigenvalue weighted by Crippen LogP contribution is -2.02. The fourth-order valence-electron chi connectivity index (χ4n) is 1.51. The first-order valence-electron chi connectivity index (χ1n) is 5.50. The van der Waals surface area contributed by atoms with Crippen LogP contribution in [0.2, 0.25) is 0 Å². The topological polar surface area (TPSA) is 104 Å². The molecule has 2 rings (SSSR count). The smallest absolute Gasteiger partial charge is 0.349 e. The molecule has 0 amide bonds. The number of aryl methyl sites for hydroxylation is 1. The Morgan fingerprint density at radius 1 is 1.37 bits per heavy atom. The summed E-state index contributed by atoms with van der Waals surface area (Å²) in [6.07, 6.45) is 1.03. The number of nitrogens with two attached hydrogens (primary N) is 1. The normalized spacial score (nSPS) is 10.2. The van der Waals surface area contributed by atoms with Gasteiger partial charge in [0, 0.05) is 0 Å². The SMILES string of the molecule is Cc1cccc(Oc2nc(N)ncc2[N+](=O)[O-])c1C. The van der Waals surface area contributed by atoms with Crippen LogP contribution in [-0.2, 0) is 0 Å². The quantitative estimate of drug-likeness (QED) is 0.671. The molecule has 7 heteroatoms. The number of hydrogen-bond donors (Lipinski definition) is 1. The summed E-state index contributed by atoms with van der Waals surface area (Å²) in [6, 6.07) is 5.43. The Labute approximate surface area is 109 Å². The average Bonchev–Trinajstić information content (AvgIpc) is 2.35. The number of anilines is 1. The van der Waals surface area contributed by atoms with Gasteiger partial charge in [0.2, 0.25) is 5.95 Å². The monoisotopic (exact) mass is 260 g/mol. The van der Waals surface area contributed by atoms with Crippen LogP contribution in [-0.4, -0.2) is 14.9 Å². The second kappa shape index (κ2) is 4.89. The summed E-state index contributed by atoms with van der Waals surface area (Å²) < 4.78 is 5.49. The molecular formula is C12H12N4O3. The molecule has 1 heterocycles. The minimum absolute atomic E-state index is 0.0779. The standard InChI is InChI=1S/C12H12N4O3/c1-7-4-3-5-10(8(7)2)19-11-9(16(17)18)6-14-12(13)15-11/h3-6H,1-2H3,(H2,13,14,15). The Balaban J connectivity index is 2.45. The van der Waals surface area contributed by atoms with Crippen molar-refractivity contribution in [3.05, 3.63) is 45.6 Å². The van der Waals surface area contributed by atoms with Crippen LogP contribution < -0.4 is 10.5 Å². The molecular weight excluding hydrogens is 248 g/mol. The minimum atomic E-state index is -0.611. The summed E-state index contributed by atoms with van der Waals surface area (Å²) in [4.78, 5) is 17.6. The molecule has 0 bridgehead atoms. The van der Waals surface area contributed by atoms with E-state index < -0.39 is 4.92 Å². The van der Waals surface area contributed by atoms with Gasteiger partial charge in [-0.05, 0) is 31.0 Å². The van der Waals surface area contributed by atoms with E-state index in [4.69, 9.17) is 10.5 Å². The predicted octanol–water partition coefficient (Wildman–Crippen LogP) is 2.38. The number of nitrogens with zero attached hydrogens (tertiary/aromatic N) is 3. The van der Waals surface area contributed by atoms with E-state index in [1.807, 2.05) is 19.9 Å². The van der Waals surface area contributed by atoms with Gasteiger partial charge in [-0.3, -0.25) is 10.1 Å². The van der Waals surface area contributed by atoms with Gasteiger partial charge in [-0.2, -0.15) is 4.98 Å². The van der Waals surface area contributed by atoms with E-state index in [-0.39, 0.29) is 17.5 Å². The molecule has 1 aromatic heterocycles. The molecule has 0 aliphatic heterocycles. The van der Waals surface area contributed by atoms with E-state index >= 15 is 0 Å². The number of ether oxygens (including phenoxy) is 1. The average molecular weight is 260 g/mol. The summed E-state index contributed by atoms with van der Waals surface area (Å²) in [5, 5.41) is 10.9. The fourth-order valence-corrected chi connectivity index (χ4v) is 1.51. The Kier molecular flexibility index (Phi) is 3.28. The maximum Gasteiger partial charge on any atom is 0.349 e. The molecule has 0 fully saturated rings. The van der Waals surface area contributed by atoms with Gasteiger partial charge in [0.1, 0.15) is 11.9 Å². The van der Waals surface area contributed by atoms with E-state index in [0.29, 0.717) is 5.75 Å². The lowest BCUT2D eigenvalue weighted by atomic mass is 10.1. The number of aromatic nitrogens is 2. The van der Waals surface area contributed by atoms with Crippen LogP contribution in [0.1, 0.15) is 11.1 Å². The molecule has 2 aromatic rings. The van der Waals surface area contributed by atoms with Crippen LogP contribution in [0.3, 0.4) is 0 Å². The van der Waals surface area contributed by atoms with E-state index in [2.05, 4.69) is 9.97 Å². The van der Waals surface area contributed by atoms with Gasteiger partial charge >= 0.3 is 11.6 Å². The van der Waals surface area contributed by atoms with Gasteiger partial charge in [0.25, 0.3) is 0 Å². The van der Waals surface area contributed by atoms with E-state index in [1.54, 1.807) is 12.1 Å². The van der Waals surface area contributed by atoms with Crippen molar-refractivity contribution in [2.24, 2.45) is 0 Å². The molecule has 98 valence electrons. The van der Waals surface area contributed by atoms with Crippen LogP contribution in [0.5, 0.6) is 11.6 Å². The molecule has 0 aliphatic rings. The zero-order valence-electron chi connectivity index (χ0n) is 10.5. The van der Waals surface area contributed by atoms with Crippen molar-refractivity contribution in [3.63, 3.8) is 0 Å². The Morgan fingerprint density at radius 2 is 2.11 bits per heavy atom. The molecule has 0 spiro atoms. The van der Waals surface area contributed by atoms with Crippen molar-refractivity contribution in [1.29, 1.82) is 0 Å². The molecule has 7 nitrogen and oxygen atoms in total. The molecule has 19 heavy (non-hydrogen) atoms. The van der Waals surface area contributed by atoms with Crippen molar-refractivity contribution in [2.75, 3.05) is 5.73 Å². The molecule has 0 aliphatic carbocycles. The first-order valence-corrected chi connectivity index (χ1v) is 5.50. The number of hydrogen-bond acceptors (Lipinski definition) is 6. The predicted molar refractivity (Wildman–Crippen MR) is 69.1 cm³/mol. The van der Waals surface area contributed by atoms with Gasteiger partial charge in [-0.15, -0.1) is 0 Å². The summed E-state index contributed by atoms with van der Waals surface area (Å²) in [5.41, 5.74) is 7.00. The van der Waals surface area contributed by atoms with Crippen molar-refractivity contribution in [2.45, 2.75) is 13.8 Å². The first kappa shape index (κ1) is 12.7. The number of nitro groups is 1. The molecule has 0 unspecified atom stereocenters. The lowest BCUT2D eigenvalue weighted by molar-refractivity contribution is -0.386. The van der Waals surface area contributed by atoms with Crippen molar-refractivity contribution in [1.82, 2.24) is 9.97 Å². The van der Waals surface area contributed by atoms with Gasteiger partial charge in [0.05, 0.1) is 4.92 Å². The summed E-state index contributed by atoms with van der Waals surface area (Å²) >= 11 is 0. The van der Waals surface area contributed by atoms with Crippen LogP contribution >= 0.6 is 0 Å². The van der Waals surface area contributed by atoms with Gasteiger partial charge in [-0.25, -0.2) is 4.98 Å². The van der Waals surface area contributed by atoms with Crippen LogP contribution in [0.15, 0.2) is 24.4 Å². The third-order valence-electron chi connectivity index (χ3n) is 2.71. The van der Waals surface area contributed by atoms with Gasteiger partial charge < -0.3 is 10.5 Å². The highest BCUT2D eigenvalue weighted by Gasteiger charge is 2.19. The second-order valence-electron chi connectivity index (χ2n) is 3.98. The molecule has 0 saturated heterocycles. The third kappa shape index (κ3) is 2.59. The van der Waals surface area contributed by atoms with Crippen molar-refractivity contribution in [3.8, 4) is 11.6 Å². The van der Waals surface area contributed by atoms with Crippen molar-refractivity contribution >= 4 is 11.6 Å². The molecule has 0 radical (unpaired) electrons. The maximum absolute atomic E-state index is 10.9. The Bertz CT molecular complexity index is 643. The van der Waals surface area contributed by atoms with E-state index in [1.165, 1.54) is 0 Å². The van der Waals surface area contributed by atoms with Crippen LogP contribution in [0.4, 0.5) is 11.6 Å². The molecule has 0 saturated carbocycles. The number of nitrogen functional groups attached to an aromatic ring is 1. The number of rotatable bonds is 3. The lowest BCUT2D eigenvalue weighted by Gasteiger charge is -2.09. The Morgan fingerprint density at radius 3 is 2.79 bits per heavy atom.